The topological polar surface area (TPSA) is 88.9 Å². The van der Waals surface area contributed by atoms with Crippen LogP contribution in [-0.4, -0.2) is 50.2 Å². The van der Waals surface area contributed by atoms with Crippen LogP contribution in [0, 0.1) is 16.7 Å². The monoisotopic (exact) mass is 484 g/mol. The molecular weight excluding hydrogens is 456 g/mol. The third-order valence-electron chi connectivity index (χ3n) is 6.40. The molecule has 1 heterocycles. The van der Waals surface area contributed by atoms with Crippen molar-refractivity contribution >= 4 is 11.9 Å². The zero-order valence-corrected chi connectivity index (χ0v) is 20.4. The Labute approximate surface area is 210 Å². The summed E-state index contributed by atoms with van der Waals surface area (Å²) >= 11 is 0. The smallest absolute Gasteiger partial charge is 0.317 e. The van der Waals surface area contributed by atoms with Gasteiger partial charge in [0.1, 0.15) is 23.5 Å². The van der Waals surface area contributed by atoms with Gasteiger partial charge in [-0.15, -0.1) is 0 Å². The number of esters is 1. The molecule has 1 fully saturated rings. The molecule has 3 aromatic carbocycles. The molecule has 7 nitrogen and oxygen atoms in total. The van der Waals surface area contributed by atoms with Gasteiger partial charge in [-0.05, 0) is 60.9 Å². The fraction of sp³-hybridized carbons (Fsp3) is 0.276. The summed E-state index contributed by atoms with van der Waals surface area (Å²) in [7, 11) is 1.53. The van der Waals surface area contributed by atoms with Crippen LogP contribution >= 0.6 is 0 Å². The Morgan fingerprint density at radius 2 is 1.67 bits per heavy atom. The second-order valence-electron chi connectivity index (χ2n) is 8.68. The summed E-state index contributed by atoms with van der Waals surface area (Å²) in [6, 6.07) is 24.1. The number of benzene rings is 3. The molecule has 0 N–H and O–H groups in total. The van der Waals surface area contributed by atoms with Gasteiger partial charge in [-0.2, -0.15) is 5.26 Å². The van der Waals surface area contributed by atoms with Crippen LogP contribution in [0.15, 0.2) is 72.8 Å². The van der Waals surface area contributed by atoms with Gasteiger partial charge in [0.25, 0.3) is 5.91 Å². The third-order valence-corrected chi connectivity index (χ3v) is 6.40. The molecule has 7 heteroatoms. The lowest BCUT2D eigenvalue weighted by Crippen LogP contribution is -2.42. The van der Waals surface area contributed by atoms with Crippen LogP contribution in [0.4, 0.5) is 0 Å². The first kappa shape index (κ1) is 24.8. The first-order valence-corrected chi connectivity index (χ1v) is 11.8. The minimum absolute atomic E-state index is 0.0950. The minimum atomic E-state index is -0.959. The Morgan fingerprint density at radius 1 is 1.00 bits per heavy atom. The van der Waals surface area contributed by atoms with E-state index in [9.17, 15) is 9.59 Å². The Kier molecular flexibility index (Phi) is 7.55. The highest BCUT2D eigenvalue weighted by molar-refractivity contribution is 5.97. The van der Waals surface area contributed by atoms with Crippen molar-refractivity contribution in [1.29, 1.82) is 5.26 Å². The van der Waals surface area contributed by atoms with E-state index in [1.54, 1.807) is 42.2 Å². The maximum atomic E-state index is 13.2. The average molecular weight is 485 g/mol. The number of para-hydroxylation sites is 1. The summed E-state index contributed by atoms with van der Waals surface area (Å²) in [4.78, 5) is 27.9. The normalized spacial score (nSPS) is 16.8. The van der Waals surface area contributed by atoms with Crippen LogP contribution in [0.2, 0.25) is 0 Å². The fourth-order valence-corrected chi connectivity index (χ4v) is 4.37. The highest BCUT2D eigenvalue weighted by Crippen LogP contribution is 2.35. The van der Waals surface area contributed by atoms with Crippen LogP contribution in [-0.2, 0) is 9.53 Å². The summed E-state index contributed by atoms with van der Waals surface area (Å²) in [5.41, 5.74) is 2.09. The van der Waals surface area contributed by atoms with Gasteiger partial charge in [-0.3, -0.25) is 9.59 Å². The van der Waals surface area contributed by atoms with Gasteiger partial charge >= 0.3 is 5.97 Å². The number of hydrogen-bond acceptors (Lipinski definition) is 6. The van der Waals surface area contributed by atoms with Gasteiger partial charge in [0.05, 0.1) is 30.9 Å². The van der Waals surface area contributed by atoms with Gasteiger partial charge in [0.15, 0.2) is 0 Å². The lowest BCUT2D eigenvalue weighted by molar-refractivity contribution is -0.156. The number of carbonyl (C=O) groups excluding carboxylic acids is 2. The molecule has 0 spiro atoms. The molecule has 1 amide bonds. The molecule has 0 aliphatic carbocycles. The van der Waals surface area contributed by atoms with Crippen LogP contribution in [0.25, 0.3) is 11.1 Å². The Balaban J connectivity index is 1.48. The SMILES string of the molecule is CCOC(=O)C1(COc2ccc(-c3ccc(C#N)cc3)cc2)CCN(C(=O)c2ccccc2OC)C1. The van der Waals surface area contributed by atoms with Crippen molar-refractivity contribution in [2.45, 2.75) is 13.3 Å². The standard InChI is InChI=1S/C29H28N2O5/c1-3-35-28(33)29(16-17-31(19-29)27(32)25-6-4-5-7-26(25)34-2)20-36-24-14-12-23(13-15-24)22-10-8-21(18-30)9-11-22/h4-15H,3,16-17,19-20H2,1-2H3. The Morgan fingerprint density at radius 3 is 2.31 bits per heavy atom. The van der Waals surface area contributed by atoms with E-state index in [0.29, 0.717) is 35.6 Å². The van der Waals surface area contributed by atoms with Crippen LogP contribution < -0.4 is 9.47 Å². The molecule has 1 atom stereocenters. The summed E-state index contributed by atoms with van der Waals surface area (Å²) in [5, 5.41) is 8.98. The average Bonchev–Trinajstić information content (AvgIpc) is 3.38. The number of rotatable bonds is 8. The van der Waals surface area contributed by atoms with E-state index in [-0.39, 0.29) is 31.6 Å². The maximum absolute atomic E-state index is 13.2. The highest BCUT2D eigenvalue weighted by atomic mass is 16.5. The lowest BCUT2D eigenvalue weighted by Gasteiger charge is -2.27. The minimum Gasteiger partial charge on any atom is -0.496 e. The van der Waals surface area contributed by atoms with E-state index < -0.39 is 5.41 Å². The highest BCUT2D eigenvalue weighted by Gasteiger charge is 2.48. The van der Waals surface area contributed by atoms with Gasteiger partial charge < -0.3 is 19.1 Å². The van der Waals surface area contributed by atoms with Crippen molar-refractivity contribution in [3.63, 3.8) is 0 Å². The van der Waals surface area contributed by atoms with Crippen molar-refractivity contribution in [2.24, 2.45) is 5.41 Å². The maximum Gasteiger partial charge on any atom is 0.317 e. The zero-order valence-electron chi connectivity index (χ0n) is 20.4. The molecule has 0 radical (unpaired) electrons. The quantitative estimate of drug-likeness (QED) is 0.430. The Bertz CT molecular complexity index is 1260. The number of methoxy groups -OCH3 is 1. The van der Waals surface area contributed by atoms with Gasteiger partial charge in [-0.1, -0.05) is 36.4 Å². The molecule has 1 saturated heterocycles. The van der Waals surface area contributed by atoms with E-state index in [2.05, 4.69) is 6.07 Å². The number of nitriles is 1. The molecule has 36 heavy (non-hydrogen) atoms. The first-order valence-electron chi connectivity index (χ1n) is 11.8. The molecule has 1 aliphatic rings. The summed E-state index contributed by atoms with van der Waals surface area (Å²) in [5.74, 6) is 0.556. The van der Waals surface area contributed by atoms with Crippen LogP contribution in [0.1, 0.15) is 29.3 Å². The summed E-state index contributed by atoms with van der Waals surface area (Å²) < 4.78 is 16.8. The van der Waals surface area contributed by atoms with Crippen molar-refractivity contribution in [3.05, 3.63) is 83.9 Å². The van der Waals surface area contributed by atoms with E-state index in [0.717, 1.165) is 11.1 Å². The number of nitrogens with zero attached hydrogens (tertiary/aromatic N) is 2. The van der Waals surface area contributed by atoms with Crippen molar-refractivity contribution < 1.29 is 23.8 Å². The number of likely N-dealkylation sites (tertiary alicyclic amines) is 1. The van der Waals surface area contributed by atoms with Crippen LogP contribution in [0.5, 0.6) is 11.5 Å². The number of ether oxygens (including phenoxy) is 3. The van der Waals surface area contributed by atoms with E-state index in [4.69, 9.17) is 19.5 Å². The second-order valence-corrected chi connectivity index (χ2v) is 8.68. The van der Waals surface area contributed by atoms with Crippen molar-refractivity contribution in [2.75, 3.05) is 33.4 Å². The number of amides is 1. The molecule has 1 unspecified atom stereocenters. The van der Waals surface area contributed by atoms with E-state index >= 15 is 0 Å². The van der Waals surface area contributed by atoms with Crippen LogP contribution in [0.3, 0.4) is 0 Å². The molecular formula is C29H28N2O5. The molecule has 3 aromatic rings. The van der Waals surface area contributed by atoms with E-state index in [1.807, 2.05) is 42.5 Å². The Hall–Kier alpha value is -4.31. The summed E-state index contributed by atoms with van der Waals surface area (Å²) in [6.45, 7) is 2.72. The zero-order chi connectivity index (χ0) is 25.5. The van der Waals surface area contributed by atoms with Crippen molar-refractivity contribution in [3.8, 4) is 28.7 Å². The largest absolute Gasteiger partial charge is 0.496 e. The third kappa shape index (κ3) is 5.18. The second kappa shape index (κ2) is 11.0. The molecule has 4 rings (SSSR count). The molecule has 0 saturated carbocycles. The van der Waals surface area contributed by atoms with E-state index in [1.165, 1.54) is 7.11 Å². The predicted molar refractivity (Wildman–Crippen MR) is 135 cm³/mol. The lowest BCUT2D eigenvalue weighted by atomic mass is 9.88. The van der Waals surface area contributed by atoms with Gasteiger partial charge in [0.2, 0.25) is 0 Å². The predicted octanol–water partition coefficient (Wildman–Crippen LogP) is 4.71. The fourth-order valence-electron chi connectivity index (χ4n) is 4.37. The molecule has 0 bridgehead atoms. The van der Waals surface area contributed by atoms with Crippen molar-refractivity contribution in [1.82, 2.24) is 4.90 Å². The van der Waals surface area contributed by atoms with Gasteiger partial charge in [0, 0.05) is 13.1 Å². The first-order chi connectivity index (χ1) is 17.5. The molecule has 184 valence electrons. The summed E-state index contributed by atoms with van der Waals surface area (Å²) in [6.07, 6.45) is 0.441. The molecule has 0 aromatic heterocycles. The number of hydrogen-bond donors (Lipinski definition) is 0. The number of carbonyl (C=O) groups is 2. The molecule has 1 aliphatic heterocycles. The van der Waals surface area contributed by atoms with Gasteiger partial charge in [-0.25, -0.2) is 0 Å².